The number of ether oxygens (including phenoxy) is 3. The van der Waals surface area contributed by atoms with Gasteiger partial charge in [0.05, 0.1) is 26.9 Å². The summed E-state index contributed by atoms with van der Waals surface area (Å²) >= 11 is 4.74. The van der Waals surface area contributed by atoms with Crippen LogP contribution in [0.15, 0.2) is 97.1 Å². The first-order valence-corrected chi connectivity index (χ1v) is 11.5. The molecular weight excluding hydrogens is 416 g/mol. The molecule has 0 saturated carbocycles. The topological polar surface area (TPSA) is 27.7 Å². The molecule has 4 heteroatoms. The highest BCUT2D eigenvalue weighted by Crippen LogP contribution is 2.41. The second-order valence-electron chi connectivity index (χ2n) is 7.52. The van der Waals surface area contributed by atoms with E-state index in [-0.39, 0.29) is 5.25 Å². The molecular formula is C28H32O3S. The van der Waals surface area contributed by atoms with Gasteiger partial charge in [0.15, 0.2) is 0 Å². The van der Waals surface area contributed by atoms with Crippen LogP contribution >= 0.6 is 12.6 Å². The van der Waals surface area contributed by atoms with Crippen molar-refractivity contribution in [2.75, 3.05) is 26.9 Å². The predicted octanol–water partition coefficient (Wildman–Crippen LogP) is 6.28. The van der Waals surface area contributed by atoms with Crippen molar-refractivity contribution in [2.45, 2.75) is 24.2 Å². The van der Waals surface area contributed by atoms with Crippen molar-refractivity contribution in [2.24, 2.45) is 0 Å². The highest BCUT2D eigenvalue weighted by molar-refractivity contribution is 7.81. The van der Waals surface area contributed by atoms with Crippen LogP contribution in [0, 0.1) is 0 Å². The summed E-state index contributed by atoms with van der Waals surface area (Å²) in [4.78, 5) is 0. The van der Waals surface area contributed by atoms with Gasteiger partial charge in [-0.25, -0.2) is 0 Å². The number of benzene rings is 3. The van der Waals surface area contributed by atoms with E-state index in [9.17, 15) is 0 Å². The molecule has 0 aliphatic rings. The molecule has 3 aromatic rings. The van der Waals surface area contributed by atoms with Crippen LogP contribution < -0.4 is 4.74 Å². The second-order valence-corrected chi connectivity index (χ2v) is 8.25. The van der Waals surface area contributed by atoms with E-state index in [1.807, 2.05) is 54.6 Å². The van der Waals surface area contributed by atoms with Crippen LogP contribution in [0.5, 0.6) is 5.75 Å². The van der Waals surface area contributed by atoms with Crippen molar-refractivity contribution < 1.29 is 14.2 Å². The molecule has 0 radical (unpaired) electrons. The molecule has 0 spiro atoms. The van der Waals surface area contributed by atoms with Gasteiger partial charge in [-0.15, -0.1) is 0 Å². The van der Waals surface area contributed by atoms with Crippen molar-refractivity contribution in [1.29, 1.82) is 0 Å². The van der Waals surface area contributed by atoms with E-state index in [2.05, 4.69) is 49.4 Å². The monoisotopic (exact) mass is 448 g/mol. The zero-order chi connectivity index (χ0) is 22.7. The molecule has 0 aliphatic carbocycles. The molecule has 3 nitrogen and oxygen atoms in total. The fourth-order valence-electron chi connectivity index (χ4n) is 3.70. The fraction of sp³-hybridized carbons (Fsp3) is 0.286. The van der Waals surface area contributed by atoms with Crippen molar-refractivity contribution in [3.8, 4) is 5.75 Å². The van der Waals surface area contributed by atoms with Crippen LogP contribution in [-0.4, -0.2) is 32.2 Å². The number of thiol groups is 1. The molecule has 0 aliphatic heterocycles. The Hall–Kier alpha value is -2.53. The molecule has 3 rings (SSSR count). The van der Waals surface area contributed by atoms with Crippen molar-refractivity contribution >= 4 is 12.6 Å². The minimum Gasteiger partial charge on any atom is -0.497 e. The van der Waals surface area contributed by atoms with E-state index in [1.165, 1.54) is 0 Å². The Bertz CT molecular complexity index is 900. The number of hydrogen-bond acceptors (Lipinski definition) is 4. The van der Waals surface area contributed by atoms with Crippen LogP contribution in [0.3, 0.4) is 0 Å². The minimum atomic E-state index is -0.780. The van der Waals surface area contributed by atoms with Crippen LogP contribution in [0.4, 0.5) is 0 Å². The number of hydrogen-bond donors (Lipinski definition) is 1. The van der Waals surface area contributed by atoms with Crippen LogP contribution in [0.2, 0.25) is 0 Å². The Morgan fingerprint density at radius 1 is 0.781 bits per heavy atom. The van der Waals surface area contributed by atoms with Gasteiger partial charge in [0.2, 0.25) is 0 Å². The fourth-order valence-corrected chi connectivity index (χ4v) is 3.88. The zero-order valence-corrected chi connectivity index (χ0v) is 19.7. The first-order chi connectivity index (χ1) is 15.7. The Morgan fingerprint density at radius 2 is 1.34 bits per heavy atom. The van der Waals surface area contributed by atoms with Crippen LogP contribution in [-0.2, 0) is 15.1 Å². The zero-order valence-electron chi connectivity index (χ0n) is 18.8. The molecule has 1 atom stereocenters. The Morgan fingerprint density at radius 3 is 1.88 bits per heavy atom. The van der Waals surface area contributed by atoms with E-state index >= 15 is 0 Å². The van der Waals surface area contributed by atoms with E-state index in [0.29, 0.717) is 19.8 Å². The summed E-state index contributed by atoms with van der Waals surface area (Å²) in [6.45, 7) is 3.64. The average molecular weight is 449 g/mol. The van der Waals surface area contributed by atoms with Gasteiger partial charge in [0, 0.05) is 5.25 Å². The highest BCUT2D eigenvalue weighted by Gasteiger charge is 2.38. The van der Waals surface area contributed by atoms with Gasteiger partial charge in [0.1, 0.15) is 11.4 Å². The normalized spacial score (nSPS) is 12.7. The third kappa shape index (κ3) is 6.04. The van der Waals surface area contributed by atoms with Crippen LogP contribution in [0.25, 0.3) is 0 Å². The molecule has 0 aromatic heterocycles. The lowest BCUT2D eigenvalue weighted by Gasteiger charge is -2.36. The summed E-state index contributed by atoms with van der Waals surface area (Å²) < 4.78 is 17.9. The van der Waals surface area contributed by atoms with Gasteiger partial charge < -0.3 is 14.2 Å². The number of allylic oxidation sites excluding steroid dienone is 1. The van der Waals surface area contributed by atoms with E-state index in [4.69, 9.17) is 26.8 Å². The maximum atomic E-state index is 6.79. The summed E-state index contributed by atoms with van der Waals surface area (Å²) in [7, 11) is 1.67. The summed E-state index contributed by atoms with van der Waals surface area (Å²) in [5.41, 5.74) is 2.37. The lowest BCUT2D eigenvalue weighted by atomic mass is 9.80. The van der Waals surface area contributed by atoms with E-state index in [0.717, 1.165) is 28.9 Å². The predicted molar refractivity (Wildman–Crippen MR) is 135 cm³/mol. The third-order valence-corrected chi connectivity index (χ3v) is 5.57. The summed E-state index contributed by atoms with van der Waals surface area (Å²) in [6, 6.07) is 28.7. The Balaban J connectivity index is 1.95. The molecule has 0 N–H and O–H groups in total. The largest absolute Gasteiger partial charge is 0.497 e. The van der Waals surface area contributed by atoms with Gasteiger partial charge in [-0.3, -0.25) is 0 Å². The van der Waals surface area contributed by atoms with Gasteiger partial charge >= 0.3 is 0 Å². The summed E-state index contributed by atoms with van der Waals surface area (Å²) in [6.07, 6.45) is 5.15. The minimum absolute atomic E-state index is 0.0601. The number of methoxy groups -OCH3 is 1. The third-order valence-electron chi connectivity index (χ3n) is 5.28. The molecule has 3 aromatic carbocycles. The molecule has 32 heavy (non-hydrogen) atoms. The molecule has 0 amide bonds. The lowest BCUT2D eigenvalue weighted by molar-refractivity contribution is 0.00456. The van der Waals surface area contributed by atoms with Crippen molar-refractivity contribution in [3.05, 3.63) is 114 Å². The van der Waals surface area contributed by atoms with Gasteiger partial charge in [-0.05, 0) is 35.2 Å². The molecule has 0 saturated heterocycles. The van der Waals surface area contributed by atoms with Crippen LogP contribution in [0.1, 0.15) is 30.0 Å². The van der Waals surface area contributed by atoms with Crippen molar-refractivity contribution in [3.63, 3.8) is 0 Å². The smallest absolute Gasteiger partial charge is 0.143 e. The molecule has 0 fully saturated rings. The highest BCUT2D eigenvalue weighted by atomic mass is 32.1. The van der Waals surface area contributed by atoms with E-state index in [1.54, 1.807) is 7.11 Å². The molecule has 0 unspecified atom stereocenters. The SMILES string of the molecule is CC/C=C\COC[C@@H](S)COC(c1ccccc1)(c1ccccc1)c1ccc(OC)cc1. The average Bonchev–Trinajstić information content (AvgIpc) is 2.86. The number of rotatable bonds is 12. The quantitative estimate of drug-likeness (QED) is 0.153. The van der Waals surface area contributed by atoms with Gasteiger partial charge in [-0.1, -0.05) is 91.9 Å². The van der Waals surface area contributed by atoms with E-state index < -0.39 is 5.60 Å². The second kappa shape index (κ2) is 12.5. The molecule has 0 heterocycles. The first kappa shape index (κ1) is 24.1. The molecule has 0 bridgehead atoms. The maximum absolute atomic E-state index is 6.79. The Labute approximate surface area is 197 Å². The summed E-state index contributed by atoms with van der Waals surface area (Å²) in [5.74, 6) is 0.810. The standard InChI is InChI=1S/C28H32O3S/c1-3-4-11-20-30-21-27(32)22-31-28(23-12-7-5-8-13-23,24-14-9-6-10-15-24)25-16-18-26(29-2)19-17-25/h4-19,27,32H,3,20-22H2,1-2H3/b11-4-/t27-/m1/s1. The van der Waals surface area contributed by atoms with Crippen molar-refractivity contribution in [1.82, 2.24) is 0 Å². The van der Waals surface area contributed by atoms with Gasteiger partial charge in [0.25, 0.3) is 0 Å². The first-order valence-electron chi connectivity index (χ1n) is 11.0. The lowest BCUT2D eigenvalue weighted by Crippen LogP contribution is -2.35. The maximum Gasteiger partial charge on any atom is 0.143 e. The van der Waals surface area contributed by atoms with Gasteiger partial charge in [-0.2, -0.15) is 12.6 Å². The molecule has 168 valence electrons. The summed E-state index contributed by atoms with van der Waals surface area (Å²) in [5, 5.41) is -0.0601. The Kier molecular flexibility index (Phi) is 9.42.